The van der Waals surface area contributed by atoms with Gasteiger partial charge in [-0.25, -0.2) is 9.59 Å². The molecule has 0 fully saturated rings. The van der Waals surface area contributed by atoms with E-state index in [-0.39, 0.29) is 0 Å². The molecule has 1 N–H and O–H groups in total. The van der Waals surface area contributed by atoms with Gasteiger partial charge < -0.3 is 14.6 Å². The van der Waals surface area contributed by atoms with Crippen LogP contribution in [-0.4, -0.2) is 35.2 Å². The molecule has 0 amide bonds. The smallest absolute Gasteiger partial charge is 0.359 e. The molecule has 0 heterocycles. The van der Waals surface area contributed by atoms with Crippen molar-refractivity contribution >= 4 is 17.9 Å². The number of carboxylic acids is 1. The lowest BCUT2D eigenvalue weighted by Crippen LogP contribution is -2.37. The molecule has 0 saturated heterocycles. The second-order valence-corrected chi connectivity index (χ2v) is 3.36. The minimum atomic E-state index is -1.88. The third-order valence-electron chi connectivity index (χ3n) is 1.73. The van der Waals surface area contributed by atoms with E-state index in [0.29, 0.717) is 6.42 Å². The first-order chi connectivity index (χ1) is 7.38. The van der Waals surface area contributed by atoms with Gasteiger partial charge in [-0.05, 0) is 13.3 Å². The quantitative estimate of drug-likeness (QED) is 0.536. The van der Waals surface area contributed by atoms with E-state index in [1.165, 1.54) is 0 Å². The van der Waals surface area contributed by atoms with Crippen LogP contribution in [0.25, 0.3) is 0 Å². The highest BCUT2D eigenvalue weighted by Gasteiger charge is 2.32. The maximum atomic E-state index is 11.3. The molecule has 6 nitrogen and oxygen atoms in total. The van der Waals surface area contributed by atoms with Crippen LogP contribution in [0.2, 0.25) is 0 Å². The summed E-state index contributed by atoms with van der Waals surface area (Å²) in [6, 6.07) is 0. The molecular formula is C10H16O6. The van der Waals surface area contributed by atoms with Gasteiger partial charge in [0.05, 0.1) is 6.10 Å². The van der Waals surface area contributed by atoms with Crippen molar-refractivity contribution in [3.63, 3.8) is 0 Å². The Labute approximate surface area is 93.5 Å². The number of hydrogen-bond donors (Lipinski definition) is 1. The topological polar surface area (TPSA) is 89.9 Å². The van der Waals surface area contributed by atoms with Gasteiger partial charge >= 0.3 is 17.9 Å². The molecular weight excluding hydrogens is 216 g/mol. The first kappa shape index (κ1) is 14.4. The number of ether oxygens (including phenoxy) is 2. The molecule has 92 valence electrons. The zero-order valence-corrected chi connectivity index (χ0v) is 9.56. The fourth-order valence-corrected chi connectivity index (χ4v) is 1.09. The van der Waals surface area contributed by atoms with Crippen molar-refractivity contribution in [2.24, 2.45) is 0 Å². The predicted octanol–water partition coefficient (Wildman–Crippen LogP) is 0.734. The van der Waals surface area contributed by atoms with Gasteiger partial charge in [0.2, 0.25) is 0 Å². The van der Waals surface area contributed by atoms with Gasteiger partial charge in [0.25, 0.3) is 6.10 Å². The third kappa shape index (κ3) is 5.33. The average Bonchev–Trinajstić information content (AvgIpc) is 2.13. The molecule has 0 aromatic rings. The van der Waals surface area contributed by atoms with Crippen LogP contribution in [0.3, 0.4) is 0 Å². The highest BCUT2D eigenvalue weighted by atomic mass is 16.6. The van der Waals surface area contributed by atoms with Crippen molar-refractivity contribution in [3.05, 3.63) is 0 Å². The second-order valence-electron chi connectivity index (χ2n) is 3.36. The Kier molecular flexibility index (Phi) is 6.14. The summed E-state index contributed by atoms with van der Waals surface area (Å²) < 4.78 is 9.16. The van der Waals surface area contributed by atoms with E-state index in [4.69, 9.17) is 9.84 Å². The molecule has 0 aliphatic carbocycles. The van der Waals surface area contributed by atoms with Crippen molar-refractivity contribution in [2.45, 2.75) is 45.8 Å². The molecule has 2 unspecified atom stereocenters. The van der Waals surface area contributed by atoms with E-state index in [9.17, 15) is 14.4 Å². The van der Waals surface area contributed by atoms with E-state index in [1.807, 2.05) is 6.92 Å². The lowest BCUT2D eigenvalue weighted by atomic mass is 10.2. The van der Waals surface area contributed by atoms with Gasteiger partial charge in [0.15, 0.2) is 0 Å². The number of carbonyl (C=O) groups is 3. The summed E-state index contributed by atoms with van der Waals surface area (Å²) in [6.07, 6.45) is -0.843. The minimum Gasteiger partial charge on any atom is -0.478 e. The van der Waals surface area contributed by atoms with E-state index in [1.54, 1.807) is 6.92 Å². The van der Waals surface area contributed by atoms with E-state index in [0.717, 1.165) is 13.3 Å². The average molecular weight is 232 g/mol. The van der Waals surface area contributed by atoms with Crippen LogP contribution in [0.15, 0.2) is 0 Å². The van der Waals surface area contributed by atoms with Crippen molar-refractivity contribution < 1.29 is 29.0 Å². The summed E-state index contributed by atoms with van der Waals surface area (Å²) in [5, 5.41) is 8.66. The lowest BCUT2D eigenvalue weighted by molar-refractivity contribution is -0.179. The monoisotopic (exact) mass is 232 g/mol. The van der Waals surface area contributed by atoms with Gasteiger partial charge in [-0.1, -0.05) is 13.3 Å². The van der Waals surface area contributed by atoms with Crippen molar-refractivity contribution in [2.75, 3.05) is 0 Å². The first-order valence-electron chi connectivity index (χ1n) is 4.99. The molecule has 2 atom stereocenters. The number of carbonyl (C=O) groups excluding carboxylic acids is 2. The molecule has 0 spiro atoms. The predicted molar refractivity (Wildman–Crippen MR) is 53.7 cm³/mol. The molecule has 0 radical (unpaired) electrons. The SMILES string of the molecule is CCCC(C)OC(=O)C(OC(C)=O)C(=O)O. The molecule has 0 aliphatic heterocycles. The summed E-state index contributed by atoms with van der Waals surface area (Å²) in [7, 11) is 0. The fourth-order valence-electron chi connectivity index (χ4n) is 1.09. The van der Waals surface area contributed by atoms with Crippen molar-refractivity contribution in [3.8, 4) is 0 Å². The van der Waals surface area contributed by atoms with Gasteiger partial charge in [-0.15, -0.1) is 0 Å². The van der Waals surface area contributed by atoms with Crippen LogP contribution < -0.4 is 0 Å². The van der Waals surface area contributed by atoms with Crippen LogP contribution >= 0.6 is 0 Å². The molecule has 0 rings (SSSR count). The molecule has 0 aromatic carbocycles. The van der Waals surface area contributed by atoms with E-state index in [2.05, 4.69) is 4.74 Å². The molecule has 0 bridgehead atoms. The third-order valence-corrected chi connectivity index (χ3v) is 1.73. The summed E-state index contributed by atoms with van der Waals surface area (Å²) in [6.45, 7) is 4.58. The highest BCUT2D eigenvalue weighted by molar-refractivity contribution is 5.98. The summed E-state index contributed by atoms with van der Waals surface area (Å²) in [4.78, 5) is 32.5. The van der Waals surface area contributed by atoms with Gasteiger partial charge in [-0.3, -0.25) is 4.79 Å². The van der Waals surface area contributed by atoms with Crippen molar-refractivity contribution in [1.29, 1.82) is 0 Å². The summed E-state index contributed by atoms with van der Waals surface area (Å²) in [5.74, 6) is -3.43. The van der Waals surface area contributed by atoms with Gasteiger partial charge in [0.1, 0.15) is 0 Å². The maximum Gasteiger partial charge on any atom is 0.359 e. The largest absolute Gasteiger partial charge is 0.478 e. The van der Waals surface area contributed by atoms with Crippen LogP contribution in [0.1, 0.15) is 33.6 Å². The van der Waals surface area contributed by atoms with Crippen LogP contribution in [0.4, 0.5) is 0 Å². The Hall–Kier alpha value is -1.59. The number of hydrogen-bond acceptors (Lipinski definition) is 5. The number of aliphatic carboxylic acids is 1. The van der Waals surface area contributed by atoms with E-state index < -0.39 is 30.1 Å². The van der Waals surface area contributed by atoms with Gasteiger partial charge in [-0.2, -0.15) is 0 Å². The summed E-state index contributed by atoms with van der Waals surface area (Å²) >= 11 is 0. The lowest BCUT2D eigenvalue weighted by Gasteiger charge is -2.16. The first-order valence-corrected chi connectivity index (χ1v) is 4.99. The number of rotatable bonds is 6. The fraction of sp³-hybridized carbons (Fsp3) is 0.700. The van der Waals surface area contributed by atoms with Crippen LogP contribution in [0.5, 0.6) is 0 Å². The standard InChI is InChI=1S/C10H16O6/c1-4-5-6(2)15-10(14)8(9(12)13)16-7(3)11/h6,8H,4-5H2,1-3H3,(H,12,13). The number of carboxylic acid groups (broad SMARTS) is 1. The Bertz CT molecular complexity index is 272. The molecule has 6 heteroatoms. The zero-order chi connectivity index (χ0) is 12.7. The van der Waals surface area contributed by atoms with Crippen molar-refractivity contribution in [1.82, 2.24) is 0 Å². The number of esters is 2. The Morgan fingerprint density at radius 1 is 1.25 bits per heavy atom. The van der Waals surface area contributed by atoms with E-state index >= 15 is 0 Å². The van der Waals surface area contributed by atoms with Gasteiger partial charge in [0, 0.05) is 6.92 Å². The molecule has 0 aromatic heterocycles. The highest BCUT2D eigenvalue weighted by Crippen LogP contribution is 2.05. The summed E-state index contributed by atoms with van der Waals surface area (Å²) in [5.41, 5.74) is 0. The maximum absolute atomic E-state index is 11.3. The Balaban J connectivity index is 4.38. The molecule has 16 heavy (non-hydrogen) atoms. The normalized spacial score (nSPS) is 13.7. The Morgan fingerprint density at radius 3 is 2.19 bits per heavy atom. The molecule has 0 aliphatic rings. The van der Waals surface area contributed by atoms with Crippen LogP contribution in [-0.2, 0) is 23.9 Å². The second kappa shape index (κ2) is 6.81. The molecule has 0 saturated carbocycles. The van der Waals surface area contributed by atoms with Crippen LogP contribution in [0, 0.1) is 0 Å². The Morgan fingerprint density at radius 2 is 1.81 bits per heavy atom. The zero-order valence-electron chi connectivity index (χ0n) is 9.56. The minimum absolute atomic E-state index is 0.394.